The Morgan fingerprint density at radius 2 is 1.82 bits per heavy atom. The van der Waals surface area contributed by atoms with Crippen LogP contribution in [0.2, 0.25) is 0 Å². The molecule has 6 heteroatoms. The van der Waals surface area contributed by atoms with Gasteiger partial charge < -0.3 is 5.11 Å². The SMILES string of the molecule is CC(C)(CNS(=O)(=O)C1CCCCC1)C(=O)O. The summed E-state index contributed by atoms with van der Waals surface area (Å²) in [6.45, 7) is 2.97. The molecule has 1 aliphatic rings. The van der Waals surface area contributed by atoms with Crippen LogP contribution in [-0.2, 0) is 14.8 Å². The highest BCUT2D eigenvalue weighted by atomic mass is 32.2. The Balaban J connectivity index is 2.58. The highest BCUT2D eigenvalue weighted by Gasteiger charge is 2.32. The predicted molar refractivity (Wildman–Crippen MR) is 65.2 cm³/mol. The second-order valence-corrected chi connectivity index (χ2v) is 7.36. The van der Waals surface area contributed by atoms with Crippen molar-refractivity contribution < 1.29 is 18.3 Å². The van der Waals surface area contributed by atoms with Crippen LogP contribution in [0.1, 0.15) is 46.0 Å². The number of hydrogen-bond acceptors (Lipinski definition) is 3. The fourth-order valence-corrected chi connectivity index (χ4v) is 3.60. The summed E-state index contributed by atoms with van der Waals surface area (Å²) in [6.07, 6.45) is 4.33. The molecule has 0 bridgehead atoms. The molecule has 0 aliphatic heterocycles. The predicted octanol–water partition coefficient (Wildman–Crippen LogP) is 1.35. The van der Waals surface area contributed by atoms with Gasteiger partial charge in [0.2, 0.25) is 10.0 Å². The van der Waals surface area contributed by atoms with Crippen LogP contribution < -0.4 is 4.72 Å². The van der Waals surface area contributed by atoms with Gasteiger partial charge >= 0.3 is 5.97 Å². The van der Waals surface area contributed by atoms with Crippen molar-refractivity contribution in [1.82, 2.24) is 4.72 Å². The molecule has 1 saturated carbocycles. The molecule has 0 aromatic heterocycles. The Morgan fingerprint density at radius 3 is 2.29 bits per heavy atom. The molecule has 0 unspecified atom stereocenters. The molecule has 2 N–H and O–H groups in total. The molecule has 0 aromatic rings. The first kappa shape index (κ1) is 14.4. The van der Waals surface area contributed by atoms with Crippen LogP contribution in [0.15, 0.2) is 0 Å². The minimum atomic E-state index is -3.36. The zero-order chi connectivity index (χ0) is 13.1. The van der Waals surface area contributed by atoms with Gasteiger partial charge in [0.1, 0.15) is 0 Å². The summed E-state index contributed by atoms with van der Waals surface area (Å²) in [6, 6.07) is 0. The van der Waals surface area contributed by atoms with E-state index >= 15 is 0 Å². The fraction of sp³-hybridized carbons (Fsp3) is 0.909. The van der Waals surface area contributed by atoms with Crippen molar-refractivity contribution in [3.8, 4) is 0 Å². The van der Waals surface area contributed by atoms with Gasteiger partial charge in [-0.3, -0.25) is 4.79 Å². The van der Waals surface area contributed by atoms with Crippen LogP contribution in [0.5, 0.6) is 0 Å². The summed E-state index contributed by atoms with van der Waals surface area (Å²) in [5, 5.41) is 8.57. The lowest BCUT2D eigenvalue weighted by atomic mass is 9.95. The smallest absolute Gasteiger partial charge is 0.310 e. The molecule has 5 nitrogen and oxygen atoms in total. The molecular weight excluding hydrogens is 242 g/mol. The van der Waals surface area contributed by atoms with Gasteiger partial charge in [-0.1, -0.05) is 19.3 Å². The standard InChI is InChI=1S/C11H21NO4S/c1-11(2,10(13)14)8-12-17(15,16)9-6-4-3-5-7-9/h9,12H,3-8H2,1-2H3,(H,13,14). The average Bonchev–Trinajstić information content (AvgIpc) is 2.28. The Morgan fingerprint density at radius 1 is 1.29 bits per heavy atom. The van der Waals surface area contributed by atoms with Crippen LogP contribution in [0.4, 0.5) is 0 Å². The van der Waals surface area contributed by atoms with Crippen molar-refractivity contribution in [1.29, 1.82) is 0 Å². The van der Waals surface area contributed by atoms with E-state index in [9.17, 15) is 13.2 Å². The van der Waals surface area contributed by atoms with Crippen molar-refractivity contribution in [2.75, 3.05) is 6.54 Å². The van der Waals surface area contributed by atoms with E-state index < -0.39 is 21.4 Å². The topological polar surface area (TPSA) is 83.5 Å². The van der Waals surface area contributed by atoms with E-state index in [0.29, 0.717) is 12.8 Å². The minimum absolute atomic E-state index is 0.0544. The lowest BCUT2D eigenvalue weighted by molar-refractivity contribution is -0.146. The summed E-state index contributed by atoms with van der Waals surface area (Å²) in [5.74, 6) is -0.996. The van der Waals surface area contributed by atoms with Gasteiger partial charge in [-0.25, -0.2) is 13.1 Å². The second-order valence-electron chi connectivity index (χ2n) is 5.32. The largest absolute Gasteiger partial charge is 0.481 e. The van der Waals surface area contributed by atoms with E-state index in [4.69, 9.17) is 5.11 Å². The van der Waals surface area contributed by atoms with Gasteiger partial charge in [0, 0.05) is 6.54 Å². The van der Waals surface area contributed by atoms with Gasteiger partial charge in [0.15, 0.2) is 0 Å². The number of rotatable bonds is 5. The van der Waals surface area contributed by atoms with Crippen LogP contribution in [-0.4, -0.2) is 31.3 Å². The third kappa shape index (κ3) is 3.96. The Bertz CT molecular complexity index is 369. The number of carboxylic acids is 1. The van der Waals surface area contributed by atoms with Crippen molar-refractivity contribution in [2.45, 2.75) is 51.2 Å². The quantitative estimate of drug-likeness (QED) is 0.784. The normalized spacial score (nSPS) is 19.2. The van der Waals surface area contributed by atoms with Crippen molar-refractivity contribution in [3.63, 3.8) is 0 Å². The molecule has 0 radical (unpaired) electrons. The number of carbonyl (C=O) groups is 1. The van der Waals surface area contributed by atoms with E-state index in [-0.39, 0.29) is 11.8 Å². The first-order valence-electron chi connectivity index (χ1n) is 5.97. The average molecular weight is 263 g/mol. The Kier molecular flexibility index (Phi) is 4.55. The van der Waals surface area contributed by atoms with Crippen LogP contribution >= 0.6 is 0 Å². The highest BCUT2D eigenvalue weighted by Crippen LogP contribution is 2.23. The molecule has 0 heterocycles. The zero-order valence-electron chi connectivity index (χ0n) is 10.4. The molecular formula is C11H21NO4S. The second kappa shape index (κ2) is 5.35. The molecule has 0 aromatic carbocycles. The van der Waals surface area contributed by atoms with E-state index in [1.165, 1.54) is 13.8 Å². The maximum absolute atomic E-state index is 12.0. The molecule has 0 spiro atoms. The van der Waals surface area contributed by atoms with Gasteiger partial charge in [0.25, 0.3) is 0 Å². The first-order chi connectivity index (χ1) is 7.76. The molecule has 100 valence electrons. The summed E-state index contributed by atoms with van der Waals surface area (Å²) in [4.78, 5) is 10.9. The maximum atomic E-state index is 12.0. The van der Waals surface area contributed by atoms with Gasteiger partial charge in [-0.15, -0.1) is 0 Å². The van der Waals surface area contributed by atoms with Crippen molar-refractivity contribution in [2.24, 2.45) is 5.41 Å². The van der Waals surface area contributed by atoms with E-state index in [1.807, 2.05) is 0 Å². The molecule has 1 fully saturated rings. The number of hydrogen-bond donors (Lipinski definition) is 2. The highest BCUT2D eigenvalue weighted by molar-refractivity contribution is 7.90. The zero-order valence-corrected chi connectivity index (χ0v) is 11.2. The van der Waals surface area contributed by atoms with E-state index in [2.05, 4.69) is 4.72 Å². The third-order valence-corrected chi connectivity index (χ3v) is 5.18. The third-order valence-electron chi connectivity index (χ3n) is 3.29. The number of aliphatic carboxylic acids is 1. The molecule has 0 saturated heterocycles. The number of sulfonamides is 1. The molecule has 0 amide bonds. The number of carboxylic acid groups (broad SMARTS) is 1. The van der Waals surface area contributed by atoms with Crippen molar-refractivity contribution in [3.05, 3.63) is 0 Å². The van der Waals surface area contributed by atoms with Crippen molar-refractivity contribution >= 4 is 16.0 Å². The summed E-state index contributed by atoms with van der Waals surface area (Å²) in [5.41, 5.74) is -1.07. The van der Waals surface area contributed by atoms with Gasteiger partial charge in [0.05, 0.1) is 10.7 Å². The van der Waals surface area contributed by atoms with Gasteiger partial charge in [-0.05, 0) is 26.7 Å². The Labute approximate surface area is 103 Å². The van der Waals surface area contributed by atoms with Crippen LogP contribution in [0.25, 0.3) is 0 Å². The Hall–Kier alpha value is -0.620. The molecule has 0 atom stereocenters. The molecule has 1 aliphatic carbocycles. The minimum Gasteiger partial charge on any atom is -0.481 e. The molecule has 17 heavy (non-hydrogen) atoms. The molecule has 1 rings (SSSR count). The lowest BCUT2D eigenvalue weighted by Crippen LogP contribution is -2.43. The van der Waals surface area contributed by atoms with Gasteiger partial charge in [-0.2, -0.15) is 0 Å². The lowest BCUT2D eigenvalue weighted by Gasteiger charge is -2.25. The summed E-state index contributed by atoms with van der Waals surface area (Å²) in [7, 11) is -3.36. The first-order valence-corrected chi connectivity index (χ1v) is 7.52. The summed E-state index contributed by atoms with van der Waals surface area (Å²) < 4.78 is 26.3. The van der Waals surface area contributed by atoms with E-state index in [0.717, 1.165) is 19.3 Å². The summed E-state index contributed by atoms with van der Waals surface area (Å²) >= 11 is 0. The monoisotopic (exact) mass is 263 g/mol. The van der Waals surface area contributed by atoms with E-state index in [1.54, 1.807) is 0 Å². The van der Waals surface area contributed by atoms with Crippen LogP contribution in [0, 0.1) is 5.41 Å². The number of nitrogens with one attached hydrogen (secondary N) is 1. The van der Waals surface area contributed by atoms with Crippen LogP contribution in [0.3, 0.4) is 0 Å². The maximum Gasteiger partial charge on any atom is 0.310 e. The fourth-order valence-electron chi connectivity index (χ4n) is 1.85.